The Bertz CT molecular complexity index is 1050. The van der Waals surface area contributed by atoms with E-state index in [0.29, 0.717) is 17.4 Å². The average molecular weight is 491 g/mol. The molecule has 1 heterocycles. The lowest BCUT2D eigenvalue weighted by atomic mass is 9.74. The van der Waals surface area contributed by atoms with Crippen LogP contribution in [-0.2, 0) is 24.6 Å². The van der Waals surface area contributed by atoms with Gasteiger partial charge in [-0.3, -0.25) is 4.18 Å². The number of hydrogen-bond acceptors (Lipinski definition) is 6. The summed E-state index contributed by atoms with van der Waals surface area (Å²) in [6.45, 7) is 8.12. The van der Waals surface area contributed by atoms with Gasteiger partial charge in [0.1, 0.15) is 17.6 Å². The third kappa shape index (κ3) is 5.17. The van der Waals surface area contributed by atoms with Crippen molar-refractivity contribution in [3.63, 3.8) is 0 Å². The molecule has 0 amide bonds. The van der Waals surface area contributed by atoms with E-state index < -0.39 is 27.8 Å². The molecule has 5 atom stereocenters. The summed E-state index contributed by atoms with van der Waals surface area (Å²) in [5.74, 6) is 0.959. The Morgan fingerprint density at radius 1 is 1.12 bits per heavy atom. The molecule has 0 aromatic heterocycles. The Morgan fingerprint density at radius 2 is 1.79 bits per heavy atom. The molecule has 33 heavy (non-hydrogen) atoms. The van der Waals surface area contributed by atoms with E-state index >= 15 is 0 Å². The van der Waals surface area contributed by atoms with Gasteiger partial charge in [0.05, 0.1) is 11.0 Å². The van der Waals surface area contributed by atoms with Gasteiger partial charge >= 0.3 is 0 Å². The predicted octanol–water partition coefficient (Wildman–Crippen LogP) is 5.26. The summed E-state index contributed by atoms with van der Waals surface area (Å²) < 4.78 is 37.7. The van der Waals surface area contributed by atoms with Crippen LogP contribution >= 0.6 is 11.8 Å². The fourth-order valence-electron chi connectivity index (χ4n) is 4.99. The van der Waals surface area contributed by atoms with Crippen molar-refractivity contribution < 1.29 is 22.4 Å². The number of benzene rings is 2. The molecule has 2 aliphatic rings. The average Bonchev–Trinajstić information content (AvgIpc) is 2.77. The molecule has 1 aliphatic heterocycles. The third-order valence-corrected chi connectivity index (χ3v) is 9.97. The molecule has 0 unspecified atom stereocenters. The minimum atomic E-state index is -4.04. The van der Waals surface area contributed by atoms with Gasteiger partial charge in [-0.1, -0.05) is 75.2 Å². The van der Waals surface area contributed by atoms with Gasteiger partial charge in [0, 0.05) is 4.75 Å². The van der Waals surface area contributed by atoms with E-state index in [1.165, 1.54) is 18.6 Å². The molecule has 1 saturated heterocycles. The molecule has 5 nitrogen and oxygen atoms in total. The van der Waals surface area contributed by atoms with Gasteiger partial charge in [0.25, 0.3) is 10.1 Å². The molecule has 2 aromatic rings. The maximum absolute atomic E-state index is 12.9. The molecule has 2 aromatic carbocycles. The molecule has 7 heteroatoms. The van der Waals surface area contributed by atoms with Crippen molar-refractivity contribution in [1.29, 1.82) is 0 Å². The highest BCUT2D eigenvalue weighted by molar-refractivity contribution is 8.01. The van der Waals surface area contributed by atoms with Gasteiger partial charge in [0.2, 0.25) is 0 Å². The van der Waals surface area contributed by atoms with E-state index in [1.807, 2.05) is 25.1 Å². The summed E-state index contributed by atoms with van der Waals surface area (Å²) in [5.41, 5.74) is -0.748. The summed E-state index contributed by atoms with van der Waals surface area (Å²) in [5, 5.41) is 12.0. The smallest absolute Gasteiger partial charge is 0.297 e. The first kappa shape index (κ1) is 24.7. The van der Waals surface area contributed by atoms with E-state index in [1.54, 1.807) is 36.0 Å². The lowest BCUT2D eigenvalue weighted by Gasteiger charge is -2.53. The van der Waals surface area contributed by atoms with E-state index in [4.69, 9.17) is 8.92 Å². The first-order valence-corrected chi connectivity index (χ1v) is 13.9. The maximum atomic E-state index is 12.9. The monoisotopic (exact) mass is 490 g/mol. The zero-order valence-corrected chi connectivity index (χ0v) is 21.4. The van der Waals surface area contributed by atoms with Crippen molar-refractivity contribution in [3.05, 3.63) is 65.7 Å². The van der Waals surface area contributed by atoms with Gasteiger partial charge in [0.15, 0.2) is 0 Å². The van der Waals surface area contributed by atoms with Crippen LogP contribution in [0.4, 0.5) is 0 Å². The highest BCUT2D eigenvalue weighted by Crippen LogP contribution is 2.53. The first-order valence-electron chi connectivity index (χ1n) is 11.6. The normalized spacial score (nSPS) is 29.1. The van der Waals surface area contributed by atoms with Crippen molar-refractivity contribution >= 4 is 21.9 Å². The van der Waals surface area contributed by atoms with Crippen molar-refractivity contribution in [2.24, 2.45) is 11.8 Å². The second-order valence-corrected chi connectivity index (χ2v) is 13.4. The number of hydrogen-bond donors (Lipinski definition) is 1. The van der Waals surface area contributed by atoms with Crippen LogP contribution in [0.5, 0.6) is 0 Å². The Morgan fingerprint density at radius 3 is 2.45 bits per heavy atom. The molecule has 1 saturated carbocycles. The second kappa shape index (κ2) is 9.34. The molecule has 0 bridgehead atoms. The van der Waals surface area contributed by atoms with Crippen LogP contribution < -0.4 is 0 Å². The summed E-state index contributed by atoms with van der Waals surface area (Å²) in [4.78, 5) is 0.0715. The molecule has 4 rings (SSSR count). The number of aryl methyl sites for hydroxylation is 1. The van der Waals surface area contributed by atoms with Crippen LogP contribution in [-0.4, -0.2) is 36.4 Å². The minimum absolute atomic E-state index is 0.0268. The van der Waals surface area contributed by atoms with Crippen LogP contribution in [0.15, 0.2) is 59.5 Å². The molecule has 0 radical (unpaired) electrons. The zero-order valence-electron chi connectivity index (χ0n) is 19.7. The van der Waals surface area contributed by atoms with Gasteiger partial charge in [-0.2, -0.15) is 8.42 Å². The molecular formula is C26H34O5S2. The van der Waals surface area contributed by atoms with Crippen LogP contribution in [0.25, 0.3) is 0 Å². The van der Waals surface area contributed by atoms with Gasteiger partial charge in [-0.25, -0.2) is 0 Å². The molecule has 1 aliphatic carbocycles. The van der Waals surface area contributed by atoms with E-state index in [2.05, 4.69) is 20.8 Å². The Kier molecular flexibility index (Phi) is 7.00. The SMILES string of the molecule is Cc1ccc(S(=O)(=O)OC[C@@](O)(c2ccccc2)[C@@H]2O[C@@H]3C[C@H](C)CC[C@H]3C(C)(C)S2)cc1. The maximum Gasteiger partial charge on any atom is 0.297 e. The van der Waals surface area contributed by atoms with Gasteiger partial charge in [-0.15, -0.1) is 11.8 Å². The van der Waals surface area contributed by atoms with Crippen molar-refractivity contribution in [2.45, 2.75) is 73.7 Å². The topological polar surface area (TPSA) is 72.8 Å². The Hall–Kier alpha value is -1.38. The van der Waals surface area contributed by atoms with Crippen molar-refractivity contribution in [3.8, 4) is 0 Å². The Labute approximate surface area is 202 Å². The van der Waals surface area contributed by atoms with Crippen LogP contribution in [0.2, 0.25) is 0 Å². The zero-order chi connectivity index (χ0) is 23.9. The van der Waals surface area contributed by atoms with Crippen molar-refractivity contribution in [2.75, 3.05) is 6.61 Å². The number of ether oxygens (including phenoxy) is 1. The quantitative estimate of drug-likeness (QED) is 0.557. The van der Waals surface area contributed by atoms with Gasteiger partial charge in [-0.05, 0) is 49.3 Å². The third-order valence-electron chi connectivity index (χ3n) is 7.06. The summed E-state index contributed by atoms with van der Waals surface area (Å²) in [6.07, 6.45) is 3.25. The molecule has 1 N–H and O–H groups in total. The van der Waals surface area contributed by atoms with Crippen LogP contribution in [0.3, 0.4) is 0 Å². The van der Waals surface area contributed by atoms with Crippen LogP contribution in [0.1, 0.15) is 51.2 Å². The standard InChI is InChI=1S/C26H34O5S2/c1-18-10-13-21(14-11-18)33(28,29)30-17-26(27,20-8-6-5-7-9-20)24-31-23-16-19(2)12-15-22(23)25(3,4)32-24/h5-11,13-14,19,22-24,27H,12,15-17H2,1-4H3/t19-,22-,23-,24-,26-/m1/s1. The van der Waals surface area contributed by atoms with E-state index in [0.717, 1.165) is 18.4 Å². The summed E-state index contributed by atoms with van der Waals surface area (Å²) in [7, 11) is -4.04. The molecule has 180 valence electrons. The number of aliphatic hydroxyl groups is 1. The fourth-order valence-corrected chi connectivity index (χ4v) is 7.52. The predicted molar refractivity (Wildman–Crippen MR) is 131 cm³/mol. The van der Waals surface area contributed by atoms with E-state index in [9.17, 15) is 13.5 Å². The van der Waals surface area contributed by atoms with Crippen molar-refractivity contribution in [1.82, 2.24) is 0 Å². The second-order valence-electron chi connectivity index (χ2n) is 10.1. The first-order chi connectivity index (χ1) is 15.5. The summed E-state index contributed by atoms with van der Waals surface area (Å²) >= 11 is 1.58. The largest absolute Gasteiger partial charge is 0.379 e. The highest BCUT2D eigenvalue weighted by atomic mass is 32.2. The minimum Gasteiger partial charge on any atom is -0.379 e. The van der Waals surface area contributed by atoms with Crippen LogP contribution in [0, 0.1) is 18.8 Å². The number of thioether (sulfide) groups is 1. The lowest BCUT2D eigenvalue weighted by molar-refractivity contribution is -0.148. The molecule has 0 spiro atoms. The number of rotatable bonds is 6. The highest BCUT2D eigenvalue weighted by Gasteiger charge is 2.53. The molecular weight excluding hydrogens is 456 g/mol. The lowest BCUT2D eigenvalue weighted by Crippen LogP contribution is -2.55. The summed E-state index contributed by atoms with van der Waals surface area (Å²) in [6, 6.07) is 15.6. The molecule has 2 fully saturated rings. The van der Waals surface area contributed by atoms with E-state index in [-0.39, 0.29) is 15.7 Å². The number of fused-ring (bicyclic) bond motifs is 1. The Balaban J connectivity index is 1.64. The van der Waals surface area contributed by atoms with Gasteiger partial charge < -0.3 is 9.84 Å². The fraction of sp³-hybridized carbons (Fsp3) is 0.538.